The second-order valence-corrected chi connectivity index (χ2v) is 4.93. The molecule has 6 nitrogen and oxygen atoms in total. The third-order valence-corrected chi connectivity index (χ3v) is 3.85. The molecule has 104 valence electrons. The van der Waals surface area contributed by atoms with Gasteiger partial charge in [0.1, 0.15) is 0 Å². The summed E-state index contributed by atoms with van der Waals surface area (Å²) in [6.07, 6.45) is 2.77. The summed E-state index contributed by atoms with van der Waals surface area (Å²) in [6.45, 7) is 0. The van der Waals surface area contributed by atoms with E-state index in [4.69, 9.17) is 4.74 Å². The molecule has 0 atom stereocenters. The molecule has 2 N–H and O–H groups in total. The molecule has 1 amide bonds. The summed E-state index contributed by atoms with van der Waals surface area (Å²) in [5.41, 5.74) is 0.608. The van der Waals surface area contributed by atoms with Crippen LogP contribution in [0.5, 0.6) is 6.01 Å². The number of methoxy groups -OCH3 is 1. The van der Waals surface area contributed by atoms with Crippen molar-refractivity contribution in [3.63, 3.8) is 0 Å². The Morgan fingerprint density at radius 1 is 1.35 bits per heavy atom. The Kier molecular flexibility index (Phi) is 3.14. The standard InChI is InChI=1S/C14H16N4O2/c1-20-13-16-12(17-18-13)15-11(19)14(8-5-9-14)10-6-3-2-4-7-10/h2-4,6-7H,5,8-9H2,1H3,(H2,15,16,17,18,19). The third-order valence-electron chi connectivity index (χ3n) is 3.85. The van der Waals surface area contributed by atoms with Crippen LogP contribution in [-0.4, -0.2) is 28.2 Å². The van der Waals surface area contributed by atoms with Crippen molar-refractivity contribution in [3.05, 3.63) is 35.9 Å². The monoisotopic (exact) mass is 272 g/mol. The van der Waals surface area contributed by atoms with Crippen molar-refractivity contribution in [1.82, 2.24) is 15.2 Å². The van der Waals surface area contributed by atoms with Crippen LogP contribution < -0.4 is 10.1 Å². The van der Waals surface area contributed by atoms with Gasteiger partial charge in [-0.05, 0) is 18.4 Å². The van der Waals surface area contributed by atoms with Gasteiger partial charge in [-0.2, -0.15) is 4.98 Å². The minimum Gasteiger partial charge on any atom is -0.466 e. The van der Waals surface area contributed by atoms with Gasteiger partial charge in [0.05, 0.1) is 12.5 Å². The molecular formula is C14H16N4O2. The van der Waals surface area contributed by atoms with E-state index in [2.05, 4.69) is 20.5 Å². The Morgan fingerprint density at radius 3 is 2.65 bits per heavy atom. The van der Waals surface area contributed by atoms with Gasteiger partial charge in [-0.15, -0.1) is 5.10 Å². The van der Waals surface area contributed by atoms with Crippen LogP contribution in [0.4, 0.5) is 5.95 Å². The van der Waals surface area contributed by atoms with Crippen LogP contribution in [0.3, 0.4) is 0 Å². The van der Waals surface area contributed by atoms with Gasteiger partial charge in [0.15, 0.2) is 0 Å². The van der Waals surface area contributed by atoms with E-state index in [-0.39, 0.29) is 11.9 Å². The molecule has 0 spiro atoms. The van der Waals surface area contributed by atoms with E-state index in [1.807, 2.05) is 30.3 Å². The molecule has 0 aliphatic heterocycles. The lowest BCUT2D eigenvalue weighted by molar-refractivity contribution is -0.124. The molecule has 20 heavy (non-hydrogen) atoms. The first-order valence-electron chi connectivity index (χ1n) is 6.58. The highest BCUT2D eigenvalue weighted by Crippen LogP contribution is 2.44. The van der Waals surface area contributed by atoms with Crippen LogP contribution in [0.25, 0.3) is 0 Å². The van der Waals surface area contributed by atoms with E-state index in [0.717, 1.165) is 24.8 Å². The molecule has 1 heterocycles. The van der Waals surface area contributed by atoms with Gasteiger partial charge < -0.3 is 4.74 Å². The van der Waals surface area contributed by atoms with Crippen LogP contribution in [-0.2, 0) is 10.2 Å². The zero-order valence-electron chi connectivity index (χ0n) is 11.2. The molecular weight excluding hydrogens is 256 g/mol. The van der Waals surface area contributed by atoms with Gasteiger partial charge in [0.2, 0.25) is 11.9 Å². The molecule has 1 aliphatic carbocycles. The highest BCUT2D eigenvalue weighted by molar-refractivity contribution is 5.98. The van der Waals surface area contributed by atoms with Crippen molar-refractivity contribution in [3.8, 4) is 6.01 Å². The molecule has 0 unspecified atom stereocenters. The number of benzene rings is 1. The molecule has 0 saturated heterocycles. The molecule has 3 rings (SSSR count). The maximum atomic E-state index is 12.6. The van der Waals surface area contributed by atoms with E-state index in [1.54, 1.807) is 0 Å². The lowest BCUT2D eigenvalue weighted by Gasteiger charge is -2.40. The van der Waals surface area contributed by atoms with Gasteiger partial charge in [0.25, 0.3) is 0 Å². The van der Waals surface area contributed by atoms with E-state index in [9.17, 15) is 4.79 Å². The number of carbonyl (C=O) groups excluding carboxylic acids is 1. The van der Waals surface area contributed by atoms with E-state index in [0.29, 0.717) is 5.95 Å². The summed E-state index contributed by atoms with van der Waals surface area (Å²) in [7, 11) is 1.48. The minimum absolute atomic E-state index is 0.0475. The SMILES string of the molecule is COc1n[nH]c(NC(=O)C2(c3ccccc3)CCC2)n1. The third kappa shape index (κ3) is 2.03. The first-order chi connectivity index (χ1) is 9.74. The average Bonchev–Trinajstić information content (AvgIpc) is 2.86. The van der Waals surface area contributed by atoms with Crippen molar-refractivity contribution in [1.29, 1.82) is 0 Å². The molecule has 1 aromatic heterocycles. The summed E-state index contributed by atoms with van der Waals surface area (Å²) in [5, 5.41) is 9.24. The lowest BCUT2D eigenvalue weighted by atomic mass is 9.64. The second-order valence-electron chi connectivity index (χ2n) is 4.93. The smallest absolute Gasteiger partial charge is 0.336 e. The fourth-order valence-electron chi connectivity index (χ4n) is 2.56. The number of amides is 1. The van der Waals surface area contributed by atoms with Crippen LogP contribution in [0.1, 0.15) is 24.8 Å². The number of hydrogen-bond acceptors (Lipinski definition) is 4. The highest BCUT2D eigenvalue weighted by Gasteiger charge is 2.45. The van der Waals surface area contributed by atoms with Crippen LogP contribution in [0.15, 0.2) is 30.3 Å². The Hall–Kier alpha value is -2.37. The molecule has 0 bridgehead atoms. The highest BCUT2D eigenvalue weighted by atomic mass is 16.5. The van der Waals surface area contributed by atoms with E-state index >= 15 is 0 Å². The molecule has 1 aliphatic rings. The maximum absolute atomic E-state index is 12.6. The summed E-state index contributed by atoms with van der Waals surface area (Å²) >= 11 is 0. The van der Waals surface area contributed by atoms with Crippen molar-refractivity contribution in [2.75, 3.05) is 12.4 Å². The Bertz CT molecular complexity index is 605. The Labute approximate surface area is 116 Å². The van der Waals surface area contributed by atoms with Crippen molar-refractivity contribution in [2.24, 2.45) is 0 Å². The quantitative estimate of drug-likeness (QED) is 0.890. The van der Waals surface area contributed by atoms with Crippen molar-refractivity contribution < 1.29 is 9.53 Å². The van der Waals surface area contributed by atoms with Crippen LogP contribution >= 0.6 is 0 Å². The molecule has 1 aromatic carbocycles. The van der Waals surface area contributed by atoms with Gasteiger partial charge in [-0.25, -0.2) is 5.10 Å². The topological polar surface area (TPSA) is 79.9 Å². The maximum Gasteiger partial charge on any atom is 0.336 e. The number of aromatic nitrogens is 3. The van der Waals surface area contributed by atoms with Crippen molar-refractivity contribution in [2.45, 2.75) is 24.7 Å². The summed E-state index contributed by atoms with van der Waals surface area (Å²) in [6, 6.07) is 10.1. The number of anilines is 1. The number of rotatable bonds is 4. The number of ether oxygens (including phenoxy) is 1. The van der Waals surface area contributed by atoms with E-state index in [1.165, 1.54) is 7.11 Å². The minimum atomic E-state index is -0.443. The van der Waals surface area contributed by atoms with Crippen molar-refractivity contribution >= 4 is 11.9 Å². The fourth-order valence-corrected chi connectivity index (χ4v) is 2.56. The van der Waals surface area contributed by atoms with Crippen LogP contribution in [0.2, 0.25) is 0 Å². The number of carbonyl (C=O) groups is 1. The number of nitrogens with one attached hydrogen (secondary N) is 2. The van der Waals surface area contributed by atoms with Gasteiger partial charge >= 0.3 is 6.01 Å². The Morgan fingerprint density at radius 2 is 2.10 bits per heavy atom. The number of nitrogens with zero attached hydrogens (tertiary/aromatic N) is 2. The van der Waals surface area contributed by atoms with Gasteiger partial charge in [0, 0.05) is 0 Å². The summed E-state index contributed by atoms with van der Waals surface area (Å²) in [5.74, 6) is 0.266. The first-order valence-corrected chi connectivity index (χ1v) is 6.58. The summed E-state index contributed by atoms with van der Waals surface area (Å²) < 4.78 is 4.88. The zero-order valence-corrected chi connectivity index (χ0v) is 11.2. The first kappa shape index (κ1) is 12.7. The normalized spacial score (nSPS) is 16.2. The second kappa shape index (κ2) is 4.96. The molecule has 6 heteroatoms. The fraction of sp³-hybridized carbons (Fsp3) is 0.357. The van der Waals surface area contributed by atoms with Gasteiger partial charge in [-0.3, -0.25) is 10.1 Å². The molecule has 2 aromatic rings. The average molecular weight is 272 g/mol. The molecule has 1 fully saturated rings. The van der Waals surface area contributed by atoms with Crippen LogP contribution in [0, 0.1) is 0 Å². The predicted octanol–water partition coefficient (Wildman–Crippen LogP) is 1.87. The Balaban J connectivity index is 1.81. The zero-order chi connectivity index (χ0) is 14.0. The molecule has 0 radical (unpaired) electrons. The van der Waals surface area contributed by atoms with Gasteiger partial charge in [-0.1, -0.05) is 36.8 Å². The largest absolute Gasteiger partial charge is 0.466 e. The lowest BCUT2D eigenvalue weighted by Crippen LogP contribution is -2.46. The number of H-pyrrole nitrogens is 1. The number of aromatic amines is 1. The predicted molar refractivity (Wildman–Crippen MR) is 73.5 cm³/mol. The summed E-state index contributed by atoms with van der Waals surface area (Å²) in [4.78, 5) is 16.6. The number of hydrogen-bond donors (Lipinski definition) is 2. The van der Waals surface area contributed by atoms with E-state index < -0.39 is 5.41 Å². The molecule has 1 saturated carbocycles.